The van der Waals surface area contributed by atoms with Crippen molar-refractivity contribution in [1.82, 2.24) is 35.6 Å². The van der Waals surface area contributed by atoms with E-state index < -0.39 is 11.6 Å². The third-order valence-electron chi connectivity index (χ3n) is 5.18. The molecule has 1 aliphatic rings. The van der Waals surface area contributed by atoms with Crippen LogP contribution in [0.25, 0.3) is 28.2 Å². The van der Waals surface area contributed by atoms with Gasteiger partial charge >= 0.3 is 5.82 Å². The third kappa shape index (κ3) is 3.08. The Morgan fingerprint density at radius 3 is 2.93 bits per heavy atom. The molecular formula is C19H18F2N9+. The van der Waals surface area contributed by atoms with Crippen molar-refractivity contribution in [3.63, 3.8) is 0 Å². The lowest BCUT2D eigenvalue weighted by Crippen LogP contribution is -2.36. The zero-order valence-electron chi connectivity index (χ0n) is 15.8. The van der Waals surface area contributed by atoms with E-state index in [2.05, 4.69) is 30.9 Å². The number of nitrogen functional groups attached to an aromatic ring is 1. The molecular weight excluding hydrogens is 392 g/mol. The van der Waals surface area contributed by atoms with E-state index in [1.54, 1.807) is 18.5 Å². The van der Waals surface area contributed by atoms with Gasteiger partial charge in [0.15, 0.2) is 22.5 Å². The Bertz CT molecular complexity index is 1210. The molecule has 1 fully saturated rings. The predicted molar refractivity (Wildman–Crippen MR) is 103 cm³/mol. The first-order valence-electron chi connectivity index (χ1n) is 9.40. The number of hydrogen-bond donors (Lipinski definition) is 3. The lowest BCUT2D eigenvalue weighted by atomic mass is 10.1. The van der Waals surface area contributed by atoms with Gasteiger partial charge in [0.25, 0.3) is 0 Å². The number of nitrogens with zero attached hydrogens (tertiary/aromatic N) is 6. The molecule has 1 aromatic carbocycles. The second kappa shape index (κ2) is 7.26. The van der Waals surface area contributed by atoms with E-state index in [4.69, 9.17) is 5.73 Å². The Balaban J connectivity index is 1.56. The zero-order valence-corrected chi connectivity index (χ0v) is 15.8. The Morgan fingerprint density at radius 2 is 2.10 bits per heavy atom. The molecule has 4 N–H and O–H groups in total. The van der Waals surface area contributed by atoms with Crippen LogP contribution in [0.4, 0.5) is 14.6 Å². The number of tetrazole rings is 1. The van der Waals surface area contributed by atoms with Crippen LogP contribution in [0.2, 0.25) is 0 Å². The molecule has 9 nitrogen and oxygen atoms in total. The molecule has 0 bridgehead atoms. The minimum Gasteiger partial charge on any atom is -0.383 e. The van der Waals surface area contributed by atoms with E-state index in [0.717, 1.165) is 36.7 Å². The fraction of sp³-hybridized carbons (Fsp3) is 0.211. The van der Waals surface area contributed by atoms with Crippen molar-refractivity contribution < 1.29 is 13.5 Å². The maximum atomic E-state index is 14.3. The first-order chi connectivity index (χ1) is 14.6. The molecule has 3 aromatic heterocycles. The molecule has 1 unspecified atom stereocenters. The number of pyridine rings is 1. The quantitative estimate of drug-likeness (QED) is 0.438. The molecule has 0 aliphatic carbocycles. The average molecular weight is 410 g/mol. The lowest BCUT2D eigenvalue weighted by molar-refractivity contribution is -0.651. The Labute approximate surface area is 169 Å². The van der Waals surface area contributed by atoms with Gasteiger partial charge in [-0.05, 0) is 31.2 Å². The monoisotopic (exact) mass is 410 g/mol. The van der Waals surface area contributed by atoms with Gasteiger partial charge in [0.2, 0.25) is 0 Å². The van der Waals surface area contributed by atoms with Gasteiger partial charge in [0.1, 0.15) is 10.9 Å². The summed E-state index contributed by atoms with van der Waals surface area (Å²) >= 11 is 0. The van der Waals surface area contributed by atoms with E-state index in [0.29, 0.717) is 11.6 Å². The van der Waals surface area contributed by atoms with Crippen LogP contribution in [0.3, 0.4) is 0 Å². The van der Waals surface area contributed by atoms with Crippen LogP contribution < -0.4 is 15.7 Å². The summed E-state index contributed by atoms with van der Waals surface area (Å²) in [5, 5.41) is 18.1. The van der Waals surface area contributed by atoms with Crippen molar-refractivity contribution in [2.45, 2.75) is 12.5 Å². The van der Waals surface area contributed by atoms with Gasteiger partial charge in [-0.3, -0.25) is 4.68 Å². The minimum absolute atomic E-state index is 0.0682. The van der Waals surface area contributed by atoms with E-state index in [1.807, 2.05) is 10.9 Å². The molecule has 1 atom stereocenters. The van der Waals surface area contributed by atoms with E-state index in [-0.39, 0.29) is 17.3 Å². The summed E-state index contributed by atoms with van der Waals surface area (Å²) in [6.45, 7) is 1.85. The summed E-state index contributed by atoms with van der Waals surface area (Å²) in [4.78, 5) is 4.26. The number of H-pyrrole nitrogens is 1. The largest absolute Gasteiger partial charge is 0.383 e. The van der Waals surface area contributed by atoms with Crippen LogP contribution in [0.15, 0.2) is 42.9 Å². The fourth-order valence-corrected chi connectivity index (χ4v) is 3.58. The smallest absolute Gasteiger partial charge is 0.341 e. The molecule has 4 heterocycles. The van der Waals surface area contributed by atoms with Crippen LogP contribution in [0.1, 0.15) is 12.5 Å². The standard InChI is InChI=1S/C19H17F2N9/c20-15-2-1-3-16(17(15)21)30-19(26-27-28-30)14-6-11(7-24-18(14)22)12-8-25-29(10-12)13-4-5-23-9-13/h1-3,6-8,10,13,23H,4-5,9H2,(H2,22,24,26,28)/p+1. The first kappa shape index (κ1) is 18.3. The van der Waals surface area contributed by atoms with Crippen molar-refractivity contribution in [1.29, 1.82) is 0 Å². The number of rotatable bonds is 4. The van der Waals surface area contributed by atoms with Gasteiger partial charge in [-0.1, -0.05) is 11.3 Å². The highest BCUT2D eigenvalue weighted by Gasteiger charge is 2.26. The number of aromatic amines is 1. The molecule has 0 radical (unpaired) electrons. The number of aromatic nitrogens is 7. The number of nitrogens with two attached hydrogens (primary N) is 1. The Kier molecular flexibility index (Phi) is 4.43. The summed E-state index contributed by atoms with van der Waals surface area (Å²) in [5.41, 5.74) is 8.07. The van der Waals surface area contributed by atoms with Gasteiger partial charge in [-0.2, -0.15) is 9.49 Å². The summed E-state index contributed by atoms with van der Waals surface area (Å²) in [6.07, 6.45) is 6.38. The highest BCUT2D eigenvalue weighted by molar-refractivity contribution is 5.74. The summed E-state index contributed by atoms with van der Waals surface area (Å²) < 4.78 is 31.2. The molecule has 5 rings (SSSR count). The number of anilines is 1. The number of halogens is 2. The molecule has 1 saturated heterocycles. The molecule has 0 saturated carbocycles. The normalized spacial score (nSPS) is 16.3. The van der Waals surface area contributed by atoms with E-state index in [1.165, 1.54) is 16.8 Å². The van der Waals surface area contributed by atoms with Gasteiger partial charge in [-0.25, -0.2) is 9.37 Å². The summed E-state index contributed by atoms with van der Waals surface area (Å²) in [5.74, 6) is -1.61. The topological polar surface area (TPSA) is 114 Å². The maximum Gasteiger partial charge on any atom is 0.341 e. The Morgan fingerprint density at radius 1 is 1.20 bits per heavy atom. The van der Waals surface area contributed by atoms with E-state index in [9.17, 15) is 8.78 Å². The van der Waals surface area contributed by atoms with Crippen LogP contribution in [-0.2, 0) is 0 Å². The fourth-order valence-electron chi connectivity index (χ4n) is 3.58. The molecule has 0 spiro atoms. The van der Waals surface area contributed by atoms with Crippen molar-refractivity contribution in [3.05, 3.63) is 54.5 Å². The Hall–Kier alpha value is -3.73. The van der Waals surface area contributed by atoms with Crippen LogP contribution in [0, 0.1) is 11.6 Å². The van der Waals surface area contributed by atoms with Crippen LogP contribution in [-0.4, -0.2) is 43.4 Å². The number of hydrogen-bond acceptors (Lipinski definition) is 6. The molecule has 11 heteroatoms. The highest BCUT2D eigenvalue weighted by atomic mass is 19.2. The van der Waals surface area contributed by atoms with Crippen molar-refractivity contribution in [3.8, 4) is 28.2 Å². The van der Waals surface area contributed by atoms with Crippen LogP contribution in [0.5, 0.6) is 0 Å². The maximum absolute atomic E-state index is 14.3. The number of benzene rings is 1. The summed E-state index contributed by atoms with van der Waals surface area (Å²) in [7, 11) is 0. The number of nitrogens with one attached hydrogen (secondary N) is 2. The first-order valence-corrected chi connectivity index (χ1v) is 9.40. The highest BCUT2D eigenvalue weighted by Crippen LogP contribution is 2.28. The lowest BCUT2D eigenvalue weighted by Gasteiger charge is -2.08. The SMILES string of the molecule is Nc1ncc(-c2cnn(C3CCNC3)c2)cc1-c1nn[nH][n+]1-c1cccc(F)c1F. The van der Waals surface area contributed by atoms with Gasteiger partial charge < -0.3 is 11.1 Å². The molecule has 4 aromatic rings. The van der Waals surface area contributed by atoms with Crippen molar-refractivity contribution >= 4 is 5.82 Å². The van der Waals surface area contributed by atoms with Gasteiger partial charge in [0, 0.05) is 30.1 Å². The van der Waals surface area contributed by atoms with Crippen molar-refractivity contribution in [2.75, 3.05) is 18.8 Å². The second-order valence-electron chi connectivity index (χ2n) is 7.04. The molecule has 152 valence electrons. The summed E-state index contributed by atoms with van der Waals surface area (Å²) in [6, 6.07) is 5.94. The van der Waals surface area contributed by atoms with Gasteiger partial charge in [-0.15, -0.1) is 4.68 Å². The average Bonchev–Trinajstić information content (AvgIpc) is 3.51. The van der Waals surface area contributed by atoms with Crippen LogP contribution >= 0.6 is 0 Å². The van der Waals surface area contributed by atoms with Gasteiger partial charge in [0.05, 0.1) is 17.8 Å². The zero-order chi connectivity index (χ0) is 20.7. The minimum atomic E-state index is -1.02. The molecule has 1 aliphatic heterocycles. The second-order valence-corrected chi connectivity index (χ2v) is 7.04. The van der Waals surface area contributed by atoms with Crippen molar-refractivity contribution in [2.24, 2.45) is 0 Å². The van der Waals surface area contributed by atoms with E-state index >= 15 is 0 Å². The molecule has 0 amide bonds. The molecule has 30 heavy (non-hydrogen) atoms. The third-order valence-corrected chi connectivity index (χ3v) is 5.18. The predicted octanol–water partition coefficient (Wildman–Crippen LogP) is 1.40.